The van der Waals surface area contributed by atoms with E-state index in [1.807, 2.05) is 0 Å². The van der Waals surface area contributed by atoms with Gasteiger partial charge in [-0.2, -0.15) is 0 Å². The largest absolute Gasteiger partial charge is 0.356 e. The molecule has 0 saturated carbocycles. The SMILES string of the molecule is Cc1ccc2n1-c1ccccc1CN1CCO[C@H]21. The van der Waals surface area contributed by atoms with Crippen LogP contribution >= 0.6 is 0 Å². The predicted molar refractivity (Wildman–Crippen MR) is 69.6 cm³/mol. The molecule has 2 aliphatic rings. The second kappa shape index (κ2) is 3.70. The maximum Gasteiger partial charge on any atom is 0.152 e. The highest BCUT2D eigenvalue weighted by Gasteiger charge is 2.33. The maximum atomic E-state index is 5.91. The van der Waals surface area contributed by atoms with Gasteiger partial charge in [0.2, 0.25) is 0 Å². The number of ether oxygens (including phenoxy) is 1. The van der Waals surface area contributed by atoms with Gasteiger partial charge >= 0.3 is 0 Å². The Balaban J connectivity index is 2.01. The van der Waals surface area contributed by atoms with E-state index in [2.05, 4.69) is 52.8 Å². The van der Waals surface area contributed by atoms with Gasteiger partial charge in [-0.15, -0.1) is 0 Å². The molecule has 3 nitrogen and oxygen atoms in total. The van der Waals surface area contributed by atoms with E-state index in [0.29, 0.717) is 0 Å². The summed E-state index contributed by atoms with van der Waals surface area (Å²) < 4.78 is 8.25. The van der Waals surface area contributed by atoms with Crippen molar-refractivity contribution >= 4 is 0 Å². The normalized spacial score (nSPS) is 22.2. The Morgan fingerprint density at radius 3 is 3.00 bits per heavy atom. The summed E-state index contributed by atoms with van der Waals surface area (Å²) in [5.74, 6) is 0. The Morgan fingerprint density at radius 1 is 1.17 bits per heavy atom. The molecule has 1 saturated heterocycles. The van der Waals surface area contributed by atoms with Crippen LogP contribution in [0.4, 0.5) is 0 Å². The molecule has 1 aromatic carbocycles. The number of aromatic nitrogens is 1. The smallest absolute Gasteiger partial charge is 0.152 e. The fourth-order valence-electron chi connectivity index (χ4n) is 3.10. The Hall–Kier alpha value is -1.58. The molecule has 0 amide bonds. The lowest BCUT2D eigenvalue weighted by Crippen LogP contribution is -2.22. The summed E-state index contributed by atoms with van der Waals surface area (Å²) >= 11 is 0. The summed E-state index contributed by atoms with van der Waals surface area (Å²) in [5, 5.41) is 0. The lowest BCUT2D eigenvalue weighted by atomic mass is 10.1. The van der Waals surface area contributed by atoms with E-state index in [1.54, 1.807) is 0 Å². The van der Waals surface area contributed by atoms with Crippen LogP contribution in [0, 0.1) is 6.92 Å². The number of hydrogen-bond donors (Lipinski definition) is 0. The van der Waals surface area contributed by atoms with Crippen LogP contribution in [-0.4, -0.2) is 22.6 Å². The molecule has 1 fully saturated rings. The number of aryl methyl sites for hydroxylation is 1. The van der Waals surface area contributed by atoms with Crippen molar-refractivity contribution in [2.24, 2.45) is 0 Å². The molecule has 3 heteroatoms. The first-order valence-electron chi connectivity index (χ1n) is 6.47. The van der Waals surface area contributed by atoms with Gasteiger partial charge in [-0.25, -0.2) is 0 Å². The molecule has 0 radical (unpaired) electrons. The Morgan fingerprint density at radius 2 is 2.06 bits per heavy atom. The zero-order valence-electron chi connectivity index (χ0n) is 10.5. The van der Waals surface area contributed by atoms with E-state index >= 15 is 0 Å². The van der Waals surface area contributed by atoms with E-state index in [4.69, 9.17) is 4.74 Å². The molecule has 3 heterocycles. The third-order valence-electron chi connectivity index (χ3n) is 3.95. The molecular formula is C15H16N2O. The molecule has 0 bridgehead atoms. The Bertz CT molecular complexity index is 602. The third-order valence-corrected chi connectivity index (χ3v) is 3.95. The Kier molecular flexibility index (Phi) is 2.13. The first-order valence-corrected chi connectivity index (χ1v) is 6.47. The van der Waals surface area contributed by atoms with Crippen molar-refractivity contribution in [1.29, 1.82) is 0 Å². The van der Waals surface area contributed by atoms with Crippen molar-refractivity contribution in [2.75, 3.05) is 13.2 Å². The van der Waals surface area contributed by atoms with Gasteiger partial charge in [0.25, 0.3) is 0 Å². The van der Waals surface area contributed by atoms with Crippen LogP contribution in [-0.2, 0) is 11.3 Å². The van der Waals surface area contributed by atoms with Crippen LogP contribution in [0.3, 0.4) is 0 Å². The van der Waals surface area contributed by atoms with Crippen molar-refractivity contribution in [1.82, 2.24) is 9.47 Å². The molecule has 2 aliphatic heterocycles. The van der Waals surface area contributed by atoms with Gasteiger partial charge in [-0.3, -0.25) is 4.90 Å². The molecule has 0 spiro atoms. The van der Waals surface area contributed by atoms with E-state index < -0.39 is 0 Å². The molecule has 92 valence electrons. The zero-order valence-corrected chi connectivity index (χ0v) is 10.5. The van der Waals surface area contributed by atoms with Gasteiger partial charge in [-0.1, -0.05) is 18.2 Å². The van der Waals surface area contributed by atoms with Crippen molar-refractivity contribution in [3.05, 3.63) is 53.3 Å². The monoisotopic (exact) mass is 240 g/mol. The fourth-order valence-corrected chi connectivity index (χ4v) is 3.10. The minimum Gasteiger partial charge on any atom is -0.356 e. The second-order valence-electron chi connectivity index (χ2n) is 5.06. The molecular weight excluding hydrogens is 224 g/mol. The molecule has 18 heavy (non-hydrogen) atoms. The highest BCUT2D eigenvalue weighted by molar-refractivity contribution is 5.46. The van der Waals surface area contributed by atoms with Gasteiger partial charge in [0.15, 0.2) is 6.23 Å². The van der Waals surface area contributed by atoms with Crippen molar-refractivity contribution < 1.29 is 4.74 Å². The molecule has 1 atom stereocenters. The molecule has 4 rings (SSSR count). The predicted octanol–water partition coefficient (Wildman–Crippen LogP) is 2.63. The van der Waals surface area contributed by atoms with Crippen LogP contribution in [0.25, 0.3) is 5.69 Å². The summed E-state index contributed by atoms with van der Waals surface area (Å²) in [4.78, 5) is 2.41. The average molecular weight is 240 g/mol. The first-order chi connectivity index (χ1) is 8.84. The molecule has 0 aliphatic carbocycles. The van der Waals surface area contributed by atoms with Crippen molar-refractivity contribution in [2.45, 2.75) is 19.7 Å². The number of fused-ring (bicyclic) bond motifs is 5. The fraction of sp³-hybridized carbons (Fsp3) is 0.333. The maximum absolute atomic E-state index is 5.91. The highest BCUT2D eigenvalue weighted by atomic mass is 16.5. The topological polar surface area (TPSA) is 17.4 Å². The van der Waals surface area contributed by atoms with Crippen molar-refractivity contribution in [3.8, 4) is 5.69 Å². The van der Waals surface area contributed by atoms with E-state index in [-0.39, 0.29) is 6.23 Å². The third kappa shape index (κ3) is 1.32. The van der Waals surface area contributed by atoms with Gasteiger partial charge in [-0.05, 0) is 30.7 Å². The molecule has 2 aromatic rings. The van der Waals surface area contributed by atoms with Gasteiger partial charge in [0.05, 0.1) is 18.0 Å². The van der Waals surface area contributed by atoms with E-state index in [9.17, 15) is 0 Å². The standard InChI is InChI=1S/C15H16N2O/c1-11-6-7-14-15-16(8-9-18-15)10-12-4-2-3-5-13(12)17(11)14/h2-7,15H,8-10H2,1H3/t15-/m1/s1. The number of rotatable bonds is 0. The van der Waals surface area contributed by atoms with Crippen LogP contribution in [0.1, 0.15) is 23.2 Å². The minimum absolute atomic E-state index is 0.117. The molecule has 0 unspecified atom stereocenters. The summed E-state index contributed by atoms with van der Waals surface area (Å²) in [5.41, 5.74) is 5.21. The van der Waals surface area contributed by atoms with Gasteiger partial charge < -0.3 is 9.30 Å². The number of nitrogens with zero attached hydrogens (tertiary/aromatic N) is 2. The van der Waals surface area contributed by atoms with Gasteiger partial charge in [0.1, 0.15) is 0 Å². The van der Waals surface area contributed by atoms with Crippen LogP contribution in [0.2, 0.25) is 0 Å². The number of benzene rings is 1. The van der Waals surface area contributed by atoms with E-state index in [0.717, 1.165) is 19.7 Å². The summed E-state index contributed by atoms with van der Waals surface area (Å²) in [6, 6.07) is 13.0. The summed E-state index contributed by atoms with van der Waals surface area (Å²) in [6.45, 7) is 4.98. The summed E-state index contributed by atoms with van der Waals surface area (Å²) in [6.07, 6.45) is 0.117. The van der Waals surface area contributed by atoms with E-state index in [1.165, 1.54) is 22.6 Å². The quantitative estimate of drug-likeness (QED) is 0.704. The lowest BCUT2D eigenvalue weighted by Gasteiger charge is -2.20. The number of para-hydroxylation sites is 1. The minimum atomic E-state index is 0.117. The summed E-state index contributed by atoms with van der Waals surface area (Å²) in [7, 11) is 0. The van der Waals surface area contributed by atoms with Gasteiger partial charge in [0, 0.05) is 18.8 Å². The van der Waals surface area contributed by atoms with Crippen molar-refractivity contribution in [3.63, 3.8) is 0 Å². The lowest BCUT2D eigenvalue weighted by molar-refractivity contribution is 0.0264. The second-order valence-corrected chi connectivity index (χ2v) is 5.06. The average Bonchev–Trinajstić information content (AvgIpc) is 2.94. The van der Waals surface area contributed by atoms with Crippen LogP contribution < -0.4 is 0 Å². The molecule has 0 N–H and O–H groups in total. The van der Waals surface area contributed by atoms with Crippen LogP contribution in [0.5, 0.6) is 0 Å². The highest BCUT2D eigenvalue weighted by Crippen LogP contribution is 2.36. The molecule has 1 aromatic heterocycles. The number of hydrogen-bond acceptors (Lipinski definition) is 2. The van der Waals surface area contributed by atoms with Crippen LogP contribution in [0.15, 0.2) is 36.4 Å². The Labute approximate surface area is 107 Å². The first kappa shape index (κ1) is 10.4. The zero-order chi connectivity index (χ0) is 12.1.